The number of hydrogen-bond donors (Lipinski definition) is 0. The monoisotopic (exact) mass is 659 g/mol. The standard InChI is InChI=1S/C45H26N4O2/c1-3-12-27(13-4-1)43-46-44(28-14-5-2-6-15-28)48-45(47-43)29-22-23-31-33-18-11-20-36(42(33)51-39(31)26-29)49-35-19-9-7-16-30(35)32-24-25-38-40(41(32)49)34-17-8-10-21-37(34)50-38/h1-26H/i1D,3D,4D,12D,13D. The van der Waals surface area contributed by atoms with Gasteiger partial charge in [0.2, 0.25) is 0 Å². The lowest BCUT2D eigenvalue weighted by atomic mass is 10.1. The zero-order chi connectivity index (χ0) is 37.8. The summed E-state index contributed by atoms with van der Waals surface area (Å²) < 4.78 is 57.4. The first kappa shape index (κ1) is 23.3. The predicted octanol–water partition coefficient (Wildman–Crippen LogP) is 11.8. The molecule has 0 atom stereocenters. The minimum atomic E-state index is -0.487. The Hall–Kier alpha value is -7.05. The molecule has 0 N–H and O–H groups in total. The fraction of sp³-hybridized carbons (Fsp3) is 0. The van der Waals surface area contributed by atoms with E-state index in [4.69, 9.17) is 25.7 Å². The SMILES string of the molecule is [2H]c1c([2H])c([2H])c(-c2nc(-c3ccccc3)nc(-c3ccc4c(c3)oc3c(-n5c6ccccc6c6ccc7oc8ccccc8c7c65)cccc34)n2)c([2H])c1[2H]. The highest BCUT2D eigenvalue weighted by molar-refractivity contribution is 6.25. The molecule has 238 valence electrons. The van der Waals surface area contributed by atoms with E-state index in [1.165, 1.54) is 0 Å². The van der Waals surface area contributed by atoms with E-state index < -0.39 is 30.2 Å². The average Bonchev–Trinajstić information content (AvgIpc) is 3.92. The molecule has 0 fully saturated rings. The molecule has 0 bridgehead atoms. The van der Waals surface area contributed by atoms with Crippen molar-refractivity contribution in [3.8, 4) is 39.9 Å². The Bertz CT molecular complexity index is 3420. The summed E-state index contributed by atoms with van der Waals surface area (Å²) in [7, 11) is 0. The molecule has 7 aromatic carbocycles. The van der Waals surface area contributed by atoms with Gasteiger partial charge in [-0.1, -0.05) is 115 Å². The first-order chi connectivity index (χ1) is 27.4. The molecule has 0 aliphatic rings. The summed E-state index contributed by atoms with van der Waals surface area (Å²) in [4.78, 5) is 14.2. The van der Waals surface area contributed by atoms with Crippen LogP contribution in [0, 0.1) is 0 Å². The highest BCUT2D eigenvalue weighted by Gasteiger charge is 2.22. The maximum atomic E-state index is 8.65. The van der Waals surface area contributed by atoms with Gasteiger partial charge in [0.15, 0.2) is 23.1 Å². The first-order valence-corrected chi connectivity index (χ1v) is 16.5. The second-order valence-electron chi connectivity index (χ2n) is 12.4. The fourth-order valence-electron chi connectivity index (χ4n) is 7.31. The van der Waals surface area contributed by atoms with E-state index >= 15 is 0 Å². The van der Waals surface area contributed by atoms with Crippen molar-refractivity contribution in [2.45, 2.75) is 0 Å². The van der Waals surface area contributed by atoms with Crippen LogP contribution < -0.4 is 0 Å². The summed E-state index contributed by atoms with van der Waals surface area (Å²) in [6, 6.07) is 39.7. The summed E-state index contributed by atoms with van der Waals surface area (Å²) in [5.41, 5.74) is 7.07. The topological polar surface area (TPSA) is 69.9 Å². The average molecular weight is 660 g/mol. The summed E-state index contributed by atoms with van der Waals surface area (Å²) >= 11 is 0. The zero-order valence-corrected chi connectivity index (χ0v) is 26.7. The molecular formula is C45H26N4O2. The number of para-hydroxylation sites is 3. The van der Waals surface area contributed by atoms with E-state index in [0.29, 0.717) is 28.1 Å². The van der Waals surface area contributed by atoms with Crippen molar-refractivity contribution in [3.05, 3.63) is 158 Å². The van der Waals surface area contributed by atoms with Gasteiger partial charge < -0.3 is 13.4 Å². The molecular weight excluding hydrogens is 629 g/mol. The molecule has 0 saturated carbocycles. The van der Waals surface area contributed by atoms with Gasteiger partial charge in [0.05, 0.1) is 29.0 Å². The van der Waals surface area contributed by atoms with Gasteiger partial charge in [-0.3, -0.25) is 0 Å². The van der Waals surface area contributed by atoms with Gasteiger partial charge >= 0.3 is 0 Å². The smallest absolute Gasteiger partial charge is 0.164 e. The molecule has 0 unspecified atom stereocenters. The molecule has 0 aliphatic heterocycles. The van der Waals surface area contributed by atoms with Crippen molar-refractivity contribution in [2.24, 2.45) is 0 Å². The third kappa shape index (κ3) is 4.20. The van der Waals surface area contributed by atoms with E-state index in [2.05, 4.69) is 45.9 Å². The van der Waals surface area contributed by atoms with Crippen LogP contribution in [0.1, 0.15) is 6.85 Å². The molecule has 6 nitrogen and oxygen atoms in total. The number of furan rings is 2. The number of benzene rings is 7. The van der Waals surface area contributed by atoms with Gasteiger partial charge in [-0.25, -0.2) is 15.0 Å². The molecule has 51 heavy (non-hydrogen) atoms. The number of fused-ring (bicyclic) bond motifs is 10. The Labute approximate surface area is 297 Å². The Kier molecular flexibility index (Phi) is 4.91. The van der Waals surface area contributed by atoms with Crippen LogP contribution in [0.4, 0.5) is 0 Å². The van der Waals surface area contributed by atoms with Gasteiger partial charge in [0.25, 0.3) is 0 Å². The van der Waals surface area contributed by atoms with E-state index in [-0.39, 0.29) is 17.2 Å². The minimum Gasteiger partial charge on any atom is -0.456 e. The van der Waals surface area contributed by atoms with Gasteiger partial charge in [0.1, 0.15) is 16.7 Å². The lowest BCUT2D eigenvalue weighted by Gasteiger charge is -2.09. The third-order valence-corrected chi connectivity index (χ3v) is 9.54. The van der Waals surface area contributed by atoms with Crippen LogP contribution in [0.15, 0.2) is 166 Å². The molecule has 0 radical (unpaired) electrons. The van der Waals surface area contributed by atoms with Gasteiger partial charge in [0, 0.05) is 43.6 Å². The van der Waals surface area contributed by atoms with Crippen molar-refractivity contribution in [3.63, 3.8) is 0 Å². The second kappa shape index (κ2) is 10.7. The largest absolute Gasteiger partial charge is 0.456 e. The third-order valence-electron chi connectivity index (χ3n) is 9.54. The lowest BCUT2D eigenvalue weighted by molar-refractivity contribution is 0.666. The second-order valence-corrected chi connectivity index (χ2v) is 12.4. The molecule has 0 aliphatic carbocycles. The molecule has 11 aromatic rings. The molecule has 4 heterocycles. The van der Waals surface area contributed by atoms with Crippen molar-refractivity contribution in [1.29, 1.82) is 0 Å². The van der Waals surface area contributed by atoms with Gasteiger partial charge in [-0.05, 0) is 42.5 Å². The number of hydrogen-bond acceptors (Lipinski definition) is 5. The minimum absolute atomic E-state index is 0.0257. The Balaban J connectivity index is 1.15. The summed E-state index contributed by atoms with van der Waals surface area (Å²) in [5, 5.41) is 6.11. The Morgan fingerprint density at radius 1 is 0.471 bits per heavy atom. The van der Waals surface area contributed by atoms with Crippen molar-refractivity contribution < 1.29 is 15.7 Å². The quantitative estimate of drug-likeness (QED) is 0.188. The number of nitrogens with zero attached hydrogens (tertiary/aromatic N) is 4. The van der Waals surface area contributed by atoms with Crippen molar-refractivity contribution in [1.82, 2.24) is 19.5 Å². The predicted molar refractivity (Wildman–Crippen MR) is 205 cm³/mol. The van der Waals surface area contributed by atoms with Crippen LogP contribution in [0.3, 0.4) is 0 Å². The summed E-state index contributed by atoms with van der Waals surface area (Å²) in [5.74, 6) is 0.538. The zero-order valence-electron chi connectivity index (χ0n) is 31.7. The maximum absolute atomic E-state index is 8.65. The van der Waals surface area contributed by atoms with Crippen molar-refractivity contribution >= 4 is 65.7 Å². The van der Waals surface area contributed by atoms with E-state index in [9.17, 15) is 0 Å². The number of aromatic nitrogens is 4. The van der Waals surface area contributed by atoms with Crippen LogP contribution in [-0.2, 0) is 0 Å². The molecule has 0 amide bonds. The highest BCUT2D eigenvalue weighted by Crippen LogP contribution is 2.43. The summed E-state index contributed by atoms with van der Waals surface area (Å²) in [6.45, 7) is 0. The van der Waals surface area contributed by atoms with Crippen LogP contribution in [0.2, 0.25) is 0 Å². The van der Waals surface area contributed by atoms with E-state index in [0.717, 1.165) is 60.2 Å². The fourth-order valence-corrected chi connectivity index (χ4v) is 7.31. The maximum Gasteiger partial charge on any atom is 0.164 e. The van der Waals surface area contributed by atoms with Crippen LogP contribution in [-0.4, -0.2) is 19.5 Å². The summed E-state index contributed by atoms with van der Waals surface area (Å²) in [6.07, 6.45) is 0. The van der Waals surface area contributed by atoms with Crippen molar-refractivity contribution in [2.75, 3.05) is 0 Å². The van der Waals surface area contributed by atoms with Gasteiger partial charge in [-0.2, -0.15) is 0 Å². The molecule has 0 saturated heterocycles. The number of rotatable bonds is 4. The van der Waals surface area contributed by atoms with Crippen LogP contribution in [0.25, 0.3) is 106 Å². The van der Waals surface area contributed by atoms with Crippen LogP contribution in [0.5, 0.6) is 0 Å². The van der Waals surface area contributed by atoms with E-state index in [1.54, 1.807) is 0 Å². The highest BCUT2D eigenvalue weighted by atomic mass is 16.3. The first-order valence-electron chi connectivity index (χ1n) is 19.0. The molecule has 11 rings (SSSR count). The molecule has 0 spiro atoms. The Morgan fingerprint density at radius 2 is 1.18 bits per heavy atom. The van der Waals surface area contributed by atoms with E-state index in [1.807, 2.05) is 91.0 Å². The van der Waals surface area contributed by atoms with Gasteiger partial charge in [-0.15, -0.1) is 0 Å². The normalized spacial score (nSPS) is 13.3. The Morgan fingerprint density at radius 3 is 2.04 bits per heavy atom. The molecule has 4 aromatic heterocycles. The van der Waals surface area contributed by atoms with Crippen LogP contribution >= 0.6 is 0 Å². The molecule has 6 heteroatoms. The lowest BCUT2D eigenvalue weighted by Crippen LogP contribution is -2.00.